The van der Waals surface area contributed by atoms with Gasteiger partial charge in [0.05, 0.1) is 12.3 Å². The molecule has 0 bridgehead atoms. The van der Waals surface area contributed by atoms with Gasteiger partial charge in [-0.3, -0.25) is 4.98 Å². The third-order valence-corrected chi connectivity index (χ3v) is 3.82. The van der Waals surface area contributed by atoms with Crippen LogP contribution in [-0.4, -0.2) is 17.1 Å². The quantitative estimate of drug-likeness (QED) is 0.885. The highest BCUT2D eigenvalue weighted by atomic mass is 16.5. The Labute approximate surface area is 122 Å². The summed E-state index contributed by atoms with van der Waals surface area (Å²) in [5.41, 5.74) is 8.12. The summed E-state index contributed by atoms with van der Waals surface area (Å²) in [6.45, 7) is 4.12. The molecule has 20 heavy (non-hydrogen) atoms. The average molecular weight is 274 g/mol. The summed E-state index contributed by atoms with van der Waals surface area (Å²) in [4.78, 5) is 4.30. The first kappa shape index (κ1) is 15.0. The lowest BCUT2D eigenvalue weighted by molar-refractivity contribution is 0.154. The number of hydrogen-bond donors (Lipinski definition) is 1. The molecular formula is C17H26N2O. The molecule has 2 N–H and O–H groups in total. The zero-order valence-corrected chi connectivity index (χ0v) is 12.6. The standard InChI is InChI=1S/C17H26N2O/c1-13(8-9-14(2)18)15-10-17(12-19-11-15)20-16-6-4-3-5-7-16/h8,10-12,14,16H,3-7,9,18H2,1-2H3. The summed E-state index contributed by atoms with van der Waals surface area (Å²) in [6.07, 6.45) is 13.4. The highest BCUT2D eigenvalue weighted by molar-refractivity contribution is 5.63. The van der Waals surface area contributed by atoms with E-state index in [1.54, 1.807) is 0 Å². The van der Waals surface area contributed by atoms with Gasteiger partial charge in [0.15, 0.2) is 0 Å². The summed E-state index contributed by atoms with van der Waals surface area (Å²) < 4.78 is 6.06. The second kappa shape index (κ2) is 7.44. The van der Waals surface area contributed by atoms with Crippen molar-refractivity contribution < 1.29 is 4.74 Å². The number of nitrogens with zero attached hydrogens (tertiary/aromatic N) is 1. The second-order valence-electron chi connectivity index (χ2n) is 5.89. The van der Waals surface area contributed by atoms with Crippen LogP contribution in [0.3, 0.4) is 0 Å². The van der Waals surface area contributed by atoms with Crippen molar-refractivity contribution in [3.8, 4) is 5.75 Å². The van der Waals surface area contributed by atoms with E-state index < -0.39 is 0 Å². The van der Waals surface area contributed by atoms with Gasteiger partial charge in [0.2, 0.25) is 0 Å². The topological polar surface area (TPSA) is 48.1 Å². The molecule has 2 rings (SSSR count). The van der Waals surface area contributed by atoms with Crippen molar-refractivity contribution >= 4 is 5.57 Å². The Morgan fingerprint density at radius 1 is 1.40 bits per heavy atom. The van der Waals surface area contributed by atoms with Crippen molar-refractivity contribution in [2.24, 2.45) is 5.73 Å². The molecule has 3 nitrogen and oxygen atoms in total. The minimum atomic E-state index is 0.194. The van der Waals surface area contributed by atoms with Crippen molar-refractivity contribution in [1.82, 2.24) is 4.98 Å². The predicted octanol–water partition coefficient (Wildman–Crippen LogP) is 3.93. The average Bonchev–Trinajstić information content (AvgIpc) is 2.46. The normalized spacial score (nSPS) is 18.9. The van der Waals surface area contributed by atoms with Gasteiger partial charge in [0.25, 0.3) is 0 Å². The SMILES string of the molecule is CC(=CCC(C)N)c1cncc(OC2CCCCC2)c1. The van der Waals surface area contributed by atoms with Crippen molar-refractivity contribution in [2.75, 3.05) is 0 Å². The van der Waals surface area contributed by atoms with Crippen LogP contribution in [0, 0.1) is 0 Å². The van der Waals surface area contributed by atoms with Crippen molar-refractivity contribution in [1.29, 1.82) is 0 Å². The monoisotopic (exact) mass is 274 g/mol. The third-order valence-electron chi connectivity index (χ3n) is 3.82. The van der Waals surface area contributed by atoms with Crippen LogP contribution in [0.1, 0.15) is 57.9 Å². The van der Waals surface area contributed by atoms with Crippen LogP contribution < -0.4 is 10.5 Å². The van der Waals surface area contributed by atoms with Gasteiger partial charge < -0.3 is 10.5 Å². The number of aromatic nitrogens is 1. The van der Waals surface area contributed by atoms with E-state index in [4.69, 9.17) is 10.5 Å². The van der Waals surface area contributed by atoms with Crippen molar-refractivity contribution in [3.05, 3.63) is 30.1 Å². The first-order chi connectivity index (χ1) is 9.65. The Kier molecular flexibility index (Phi) is 5.60. The number of allylic oxidation sites excluding steroid dienone is 1. The van der Waals surface area contributed by atoms with E-state index in [9.17, 15) is 0 Å². The number of ether oxygens (including phenoxy) is 1. The Balaban J connectivity index is 2.01. The maximum Gasteiger partial charge on any atom is 0.138 e. The first-order valence-electron chi connectivity index (χ1n) is 7.69. The molecule has 0 aromatic carbocycles. The summed E-state index contributed by atoms with van der Waals surface area (Å²) in [7, 11) is 0. The van der Waals surface area contributed by atoms with Crippen molar-refractivity contribution in [2.45, 2.75) is 64.5 Å². The zero-order valence-electron chi connectivity index (χ0n) is 12.6. The fraction of sp³-hybridized carbons (Fsp3) is 0.588. The first-order valence-corrected chi connectivity index (χ1v) is 7.69. The Bertz CT molecular complexity index is 448. The van der Waals surface area contributed by atoms with Crippen LogP contribution in [-0.2, 0) is 0 Å². The fourth-order valence-electron chi connectivity index (χ4n) is 2.55. The molecule has 0 spiro atoms. The molecular weight excluding hydrogens is 248 g/mol. The Morgan fingerprint density at radius 3 is 2.85 bits per heavy atom. The van der Waals surface area contributed by atoms with Gasteiger partial charge in [-0.1, -0.05) is 12.5 Å². The molecule has 0 radical (unpaired) electrons. The molecule has 110 valence electrons. The second-order valence-corrected chi connectivity index (χ2v) is 5.89. The molecule has 3 heteroatoms. The smallest absolute Gasteiger partial charge is 0.138 e. The summed E-state index contributed by atoms with van der Waals surface area (Å²) in [6, 6.07) is 2.29. The van der Waals surface area contributed by atoms with E-state index in [0.717, 1.165) is 17.7 Å². The van der Waals surface area contributed by atoms with Gasteiger partial charge in [-0.05, 0) is 63.2 Å². The molecule has 1 aliphatic rings. The van der Waals surface area contributed by atoms with Gasteiger partial charge in [-0.2, -0.15) is 0 Å². The fourth-order valence-corrected chi connectivity index (χ4v) is 2.55. The maximum atomic E-state index is 6.06. The highest BCUT2D eigenvalue weighted by Gasteiger charge is 2.15. The Hall–Kier alpha value is -1.35. The molecule has 1 fully saturated rings. The molecule has 0 aliphatic heterocycles. The molecule has 1 aromatic rings. The van der Waals surface area contributed by atoms with Gasteiger partial charge in [-0.15, -0.1) is 0 Å². The van der Waals surface area contributed by atoms with Gasteiger partial charge in [-0.25, -0.2) is 0 Å². The van der Waals surface area contributed by atoms with E-state index in [-0.39, 0.29) is 6.04 Å². The molecule has 1 saturated carbocycles. The number of pyridine rings is 1. The highest BCUT2D eigenvalue weighted by Crippen LogP contribution is 2.25. The van der Waals surface area contributed by atoms with Crippen LogP contribution in [0.2, 0.25) is 0 Å². The molecule has 1 heterocycles. The van der Waals surface area contributed by atoms with E-state index >= 15 is 0 Å². The van der Waals surface area contributed by atoms with Crippen molar-refractivity contribution in [3.63, 3.8) is 0 Å². The lowest BCUT2D eigenvalue weighted by Gasteiger charge is -2.23. The molecule has 0 saturated heterocycles. The lowest BCUT2D eigenvalue weighted by Crippen LogP contribution is -2.19. The number of nitrogens with two attached hydrogens (primary N) is 1. The van der Waals surface area contributed by atoms with Crippen LogP contribution in [0.5, 0.6) is 5.75 Å². The molecule has 1 aliphatic carbocycles. The van der Waals surface area contributed by atoms with Crippen LogP contribution in [0.15, 0.2) is 24.5 Å². The van der Waals surface area contributed by atoms with E-state index in [2.05, 4.69) is 24.1 Å². The molecule has 0 amide bonds. The summed E-state index contributed by atoms with van der Waals surface area (Å²) in [5, 5.41) is 0. The van der Waals surface area contributed by atoms with Gasteiger partial charge in [0.1, 0.15) is 5.75 Å². The van der Waals surface area contributed by atoms with Crippen LogP contribution in [0.4, 0.5) is 0 Å². The molecule has 1 unspecified atom stereocenters. The van der Waals surface area contributed by atoms with Crippen LogP contribution >= 0.6 is 0 Å². The summed E-state index contributed by atoms with van der Waals surface area (Å²) >= 11 is 0. The molecule has 1 atom stereocenters. The maximum absolute atomic E-state index is 6.06. The predicted molar refractivity (Wildman–Crippen MR) is 83.7 cm³/mol. The van der Waals surface area contributed by atoms with Crippen LogP contribution in [0.25, 0.3) is 5.57 Å². The third kappa shape index (κ3) is 4.64. The minimum Gasteiger partial charge on any atom is -0.489 e. The Morgan fingerprint density at radius 2 is 2.15 bits per heavy atom. The van der Waals surface area contributed by atoms with Gasteiger partial charge >= 0.3 is 0 Å². The zero-order chi connectivity index (χ0) is 14.4. The largest absolute Gasteiger partial charge is 0.489 e. The van der Waals surface area contributed by atoms with Gasteiger partial charge in [0, 0.05) is 12.2 Å². The lowest BCUT2D eigenvalue weighted by atomic mass is 9.98. The minimum absolute atomic E-state index is 0.194. The number of hydrogen-bond acceptors (Lipinski definition) is 3. The van der Waals surface area contributed by atoms with E-state index in [0.29, 0.717) is 6.10 Å². The van der Waals surface area contributed by atoms with E-state index in [1.807, 2.05) is 19.3 Å². The van der Waals surface area contributed by atoms with E-state index in [1.165, 1.54) is 37.7 Å². The molecule has 1 aromatic heterocycles. The number of rotatable bonds is 5. The summed E-state index contributed by atoms with van der Waals surface area (Å²) in [5.74, 6) is 0.892.